The van der Waals surface area contributed by atoms with E-state index in [2.05, 4.69) is 20.9 Å². The second-order valence-corrected chi connectivity index (χ2v) is 4.56. The zero-order valence-corrected chi connectivity index (χ0v) is 10.2. The molecule has 0 saturated heterocycles. The number of benzene rings is 1. The van der Waals surface area contributed by atoms with Crippen LogP contribution in [0.3, 0.4) is 0 Å². The molecular formula is C11H9BrF3NO. The van der Waals surface area contributed by atoms with Crippen LogP contribution in [0.25, 0.3) is 10.9 Å². The van der Waals surface area contributed by atoms with Crippen LogP contribution in [0.15, 0.2) is 22.7 Å². The molecule has 0 aliphatic rings. The minimum absolute atomic E-state index is 0.0225. The summed E-state index contributed by atoms with van der Waals surface area (Å²) < 4.78 is 39.1. The topological polar surface area (TPSA) is 36.0 Å². The van der Waals surface area contributed by atoms with Crippen molar-refractivity contribution in [2.24, 2.45) is 0 Å². The summed E-state index contributed by atoms with van der Waals surface area (Å²) in [5.41, 5.74) is -0.250. The number of aliphatic hydroxyl groups excluding tert-OH is 1. The minimum Gasteiger partial charge on any atom is -0.396 e. The Labute approximate surface area is 104 Å². The van der Waals surface area contributed by atoms with Gasteiger partial charge in [0.05, 0.1) is 0 Å². The van der Waals surface area contributed by atoms with Gasteiger partial charge in [-0.1, -0.05) is 15.9 Å². The summed E-state index contributed by atoms with van der Waals surface area (Å²) in [7, 11) is 0. The van der Waals surface area contributed by atoms with Gasteiger partial charge in [0.1, 0.15) is 5.69 Å². The number of nitrogens with one attached hydrogen (secondary N) is 1. The lowest BCUT2D eigenvalue weighted by Gasteiger charge is -2.06. The lowest BCUT2D eigenvalue weighted by Crippen LogP contribution is -2.09. The lowest BCUT2D eigenvalue weighted by molar-refractivity contribution is -0.141. The summed E-state index contributed by atoms with van der Waals surface area (Å²) in [6.45, 7) is -0.317. The number of aliphatic hydroxyl groups is 1. The van der Waals surface area contributed by atoms with Crippen molar-refractivity contribution in [2.75, 3.05) is 6.61 Å². The van der Waals surface area contributed by atoms with Gasteiger partial charge in [0.2, 0.25) is 0 Å². The molecule has 1 aromatic carbocycles. The molecule has 6 heteroatoms. The molecule has 0 aliphatic heterocycles. The summed E-state index contributed by atoms with van der Waals surface area (Å²) >= 11 is 3.22. The van der Waals surface area contributed by atoms with Crippen LogP contribution in [-0.4, -0.2) is 16.7 Å². The largest absolute Gasteiger partial charge is 0.431 e. The molecular weight excluding hydrogens is 299 g/mol. The van der Waals surface area contributed by atoms with Gasteiger partial charge >= 0.3 is 6.18 Å². The van der Waals surface area contributed by atoms with Gasteiger partial charge in [-0.05, 0) is 30.2 Å². The molecule has 0 radical (unpaired) electrons. The van der Waals surface area contributed by atoms with Crippen molar-refractivity contribution in [3.05, 3.63) is 33.9 Å². The fourth-order valence-electron chi connectivity index (χ4n) is 1.83. The van der Waals surface area contributed by atoms with Crippen molar-refractivity contribution in [3.8, 4) is 0 Å². The van der Waals surface area contributed by atoms with E-state index < -0.39 is 11.9 Å². The summed E-state index contributed by atoms with van der Waals surface area (Å²) in [5, 5.41) is 9.35. The predicted molar refractivity (Wildman–Crippen MR) is 61.8 cm³/mol. The highest BCUT2D eigenvalue weighted by Crippen LogP contribution is 2.36. The van der Waals surface area contributed by atoms with E-state index in [1.807, 2.05) is 0 Å². The van der Waals surface area contributed by atoms with E-state index in [0.717, 1.165) is 0 Å². The first kappa shape index (κ1) is 12.4. The second kappa shape index (κ2) is 4.34. The predicted octanol–water partition coefficient (Wildman–Crippen LogP) is 3.48. The molecule has 17 heavy (non-hydrogen) atoms. The normalized spacial score (nSPS) is 12.3. The van der Waals surface area contributed by atoms with Crippen LogP contribution in [-0.2, 0) is 12.6 Å². The highest BCUT2D eigenvalue weighted by molar-refractivity contribution is 9.10. The van der Waals surface area contributed by atoms with Crippen molar-refractivity contribution in [1.82, 2.24) is 4.98 Å². The molecule has 2 N–H and O–H groups in total. The maximum atomic E-state index is 12.8. The Morgan fingerprint density at radius 3 is 2.59 bits per heavy atom. The van der Waals surface area contributed by atoms with Gasteiger partial charge in [0.25, 0.3) is 0 Å². The first-order valence-electron chi connectivity index (χ1n) is 4.91. The number of halogens is 4. The number of hydrogen-bond acceptors (Lipinski definition) is 1. The van der Waals surface area contributed by atoms with E-state index in [9.17, 15) is 13.2 Å². The molecule has 0 spiro atoms. The summed E-state index contributed by atoms with van der Waals surface area (Å²) in [5.74, 6) is 0. The SMILES string of the molecule is OCCc1c(C(F)(F)F)[nH]c2ccc(Br)cc12. The van der Waals surface area contributed by atoms with Gasteiger partial charge in [0, 0.05) is 22.0 Å². The maximum Gasteiger partial charge on any atom is 0.431 e. The Morgan fingerprint density at radius 2 is 2.00 bits per heavy atom. The minimum atomic E-state index is -4.43. The molecule has 0 saturated carbocycles. The molecule has 92 valence electrons. The van der Waals surface area contributed by atoms with E-state index >= 15 is 0 Å². The average Bonchev–Trinajstić information content (AvgIpc) is 2.57. The fraction of sp³-hybridized carbons (Fsp3) is 0.273. The van der Waals surface area contributed by atoms with Crippen molar-refractivity contribution in [2.45, 2.75) is 12.6 Å². The van der Waals surface area contributed by atoms with Gasteiger partial charge in [-0.2, -0.15) is 13.2 Å². The Balaban J connectivity index is 2.71. The van der Waals surface area contributed by atoms with E-state index in [-0.39, 0.29) is 18.6 Å². The van der Waals surface area contributed by atoms with Crippen LogP contribution in [0.1, 0.15) is 11.3 Å². The zero-order valence-electron chi connectivity index (χ0n) is 8.61. The van der Waals surface area contributed by atoms with E-state index in [1.54, 1.807) is 18.2 Å². The van der Waals surface area contributed by atoms with Crippen molar-refractivity contribution in [1.29, 1.82) is 0 Å². The van der Waals surface area contributed by atoms with Gasteiger partial charge < -0.3 is 10.1 Å². The van der Waals surface area contributed by atoms with Gasteiger partial charge in [0.15, 0.2) is 0 Å². The Hall–Kier alpha value is -1.01. The monoisotopic (exact) mass is 307 g/mol. The Bertz CT molecular complexity index is 547. The first-order chi connectivity index (χ1) is 7.93. The van der Waals surface area contributed by atoms with Crippen LogP contribution >= 0.6 is 15.9 Å². The molecule has 0 bridgehead atoms. The van der Waals surface area contributed by atoms with Gasteiger partial charge in [-0.15, -0.1) is 0 Å². The molecule has 2 rings (SSSR count). The van der Waals surface area contributed by atoms with E-state index in [0.29, 0.717) is 15.4 Å². The van der Waals surface area contributed by atoms with E-state index in [1.165, 1.54) is 0 Å². The summed E-state index contributed by atoms with van der Waals surface area (Å²) in [6.07, 6.45) is -4.46. The number of H-pyrrole nitrogens is 1. The van der Waals surface area contributed by atoms with Gasteiger partial charge in [-0.25, -0.2) is 0 Å². The number of aromatic nitrogens is 1. The quantitative estimate of drug-likeness (QED) is 0.875. The first-order valence-corrected chi connectivity index (χ1v) is 5.71. The van der Waals surface area contributed by atoms with Crippen LogP contribution in [0, 0.1) is 0 Å². The standard InChI is InChI=1S/C11H9BrF3NO/c12-6-1-2-9-8(5-6)7(3-4-17)10(16-9)11(13,14)15/h1-2,5,16-17H,3-4H2. The van der Waals surface area contributed by atoms with Gasteiger partial charge in [-0.3, -0.25) is 0 Å². The third-order valence-corrected chi connectivity index (χ3v) is 3.01. The van der Waals surface area contributed by atoms with Crippen LogP contribution < -0.4 is 0 Å². The number of aromatic amines is 1. The molecule has 0 aliphatic carbocycles. The zero-order chi connectivity index (χ0) is 12.6. The molecule has 0 fully saturated rings. The number of alkyl halides is 3. The van der Waals surface area contributed by atoms with Crippen molar-refractivity contribution in [3.63, 3.8) is 0 Å². The lowest BCUT2D eigenvalue weighted by atomic mass is 10.1. The Morgan fingerprint density at radius 1 is 1.29 bits per heavy atom. The van der Waals surface area contributed by atoms with Crippen LogP contribution in [0.5, 0.6) is 0 Å². The summed E-state index contributed by atoms with van der Waals surface area (Å²) in [6, 6.07) is 4.86. The number of hydrogen-bond donors (Lipinski definition) is 2. The highest BCUT2D eigenvalue weighted by atomic mass is 79.9. The third kappa shape index (κ3) is 2.32. The molecule has 1 aromatic heterocycles. The second-order valence-electron chi connectivity index (χ2n) is 3.64. The van der Waals surface area contributed by atoms with Crippen LogP contribution in [0.2, 0.25) is 0 Å². The average molecular weight is 308 g/mol. The number of rotatable bonds is 2. The molecule has 2 aromatic rings. The highest BCUT2D eigenvalue weighted by Gasteiger charge is 2.36. The smallest absolute Gasteiger partial charge is 0.396 e. The fourth-order valence-corrected chi connectivity index (χ4v) is 2.19. The molecule has 1 heterocycles. The van der Waals surface area contributed by atoms with E-state index in [4.69, 9.17) is 5.11 Å². The third-order valence-electron chi connectivity index (χ3n) is 2.51. The van der Waals surface area contributed by atoms with Crippen LogP contribution in [0.4, 0.5) is 13.2 Å². The molecule has 0 unspecified atom stereocenters. The van der Waals surface area contributed by atoms with Crippen molar-refractivity contribution >= 4 is 26.8 Å². The molecule has 2 nitrogen and oxygen atoms in total. The Kier molecular flexibility index (Phi) is 3.18. The summed E-state index contributed by atoms with van der Waals surface area (Å²) in [4.78, 5) is 2.36. The maximum absolute atomic E-state index is 12.8. The molecule has 0 atom stereocenters. The number of fused-ring (bicyclic) bond motifs is 1. The molecule has 0 amide bonds. The van der Waals surface area contributed by atoms with Crippen molar-refractivity contribution < 1.29 is 18.3 Å².